The standard InChI is InChI=1S/C18H25N3O2/c1-12-8-6-9-13-14(12)20-15(19-13)18(5)10-7-11-21(18)16(22)23-17(2,3)4/h6,8-9H,7,10-11H2,1-5H3,(H,19,20). The summed E-state index contributed by atoms with van der Waals surface area (Å²) in [6.07, 6.45) is 1.56. The van der Waals surface area contributed by atoms with Crippen molar-refractivity contribution >= 4 is 17.1 Å². The van der Waals surface area contributed by atoms with Gasteiger partial charge in [0.15, 0.2) is 0 Å². The molecule has 1 unspecified atom stereocenters. The number of benzene rings is 1. The maximum atomic E-state index is 12.6. The second kappa shape index (κ2) is 5.25. The lowest BCUT2D eigenvalue weighted by Gasteiger charge is -2.34. The number of nitrogens with zero attached hydrogens (tertiary/aromatic N) is 2. The summed E-state index contributed by atoms with van der Waals surface area (Å²) >= 11 is 0. The number of para-hydroxylation sites is 1. The number of ether oxygens (including phenoxy) is 1. The largest absolute Gasteiger partial charge is 0.444 e. The molecule has 1 atom stereocenters. The molecule has 5 heteroatoms. The zero-order chi connectivity index (χ0) is 16.8. The summed E-state index contributed by atoms with van der Waals surface area (Å²) in [5.41, 5.74) is 2.17. The number of carbonyl (C=O) groups is 1. The number of nitrogens with one attached hydrogen (secondary N) is 1. The molecule has 2 aromatic rings. The van der Waals surface area contributed by atoms with Crippen LogP contribution in [0.1, 0.15) is 51.9 Å². The molecule has 124 valence electrons. The molecule has 0 aliphatic carbocycles. The summed E-state index contributed by atoms with van der Waals surface area (Å²) in [5, 5.41) is 0. The van der Waals surface area contributed by atoms with Crippen molar-refractivity contribution in [3.8, 4) is 0 Å². The van der Waals surface area contributed by atoms with E-state index in [0.29, 0.717) is 6.54 Å². The van der Waals surface area contributed by atoms with Crippen LogP contribution < -0.4 is 0 Å². The number of aromatic nitrogens is 2. The lowest BCUT2D eigenvalue weighted by molar-refractivity contribution is 0.00870. The van der Waals surface area contributed by atoms with E-state index >= 15 is 0 Å². The Balaban J connectivity index is 1.97. The van der Waals surface area contributed by atoms with Crippen LogP contribution >= 0.6 is 0 Å². The van der Waals surface area contributed by atoms with E-state index in [1.54, 1.807) is 0 Å². The van der Waals surface area contributed by atoms with Gasteiger partial charge in [-0.1, -0.05) is 12.1 Å². The van der Waals surface area contributed by atoms with Crippen molar-refractivity contribution in [2.75, 3.05) is 6.54 Å². The van der Waals surface area contributed by atoms with Crippen molar-refractivity contribution in [3.63, 3.8) is 0 Å². The summed E-state index contributed by atoms with van der Waals surface area (Å²) in [6.45, 7) is 10.5. The molecule has 1 N–H and O–H groups in total. The Bertz CT molecular complexity index is 744. The van der Waals surface area contributed by atoms with Crippen LogP contribution in [0.3, 0.4) is 0 Å². The molecular weight excluding hydrogens is 290 g/mol. The zero-order valence-electron chi connectivity index (χ0n) is 14.6. The van der Waals surface area contributed by atoms with Gasteiger partial charge in [-0.2, -0.15) is 0 Å². The number of amides is 1. The third-order valence-electron chi connectivity index (χ3n) is 4.48. The van der Waals surface area contributed by atoms with Crippen molar-refractivity contribution in [1.29, 1.82) is 0 Å². The molecule has 23 heavy (non-hydrogen) atoms. The number of rotatable bonds is 1. The second-order valence-corrected chi connectivity index (χ2v) is 7.57. The fraction of sp³-hybridized carbons (Fsp3) is 0.556. The van der Waals surface area contributed by atoms with Crippen molar-refractivity contribution in [3.05, 3.63) is 29.6 Å². The van der Waals surface area contributed by atoms with E-state index < -0.39 is 11.1 Å². The van der Waals surface area contributed by atoms with Gasteiger partial charge in [0.05, 0.1) is 11.0 Å². The number of hydrogen-bond donors (Lipinski definition) is 1. The highest BCUT2D eigenvalue weighted by Crippen LogP contribution is 2.39. The van der Waals surface area contributed by atoms with Crippen LogP contribution in [0, 0.1) is 6.92 Å². The van der Waals surface area contributed by atoms with E-state index in [9.17, 15) is 4.79 Å². The van der Waals surface area contributed by atoms with Crippen molar-refractivity contribution in [2.24, 2.45) is 0 Å². The lowest BCUT2D eigenvalue weighted by atomic mass is 9.98. The van der Waals surface area contributed by atoms with E-state index in [1.807, 2.05) is 37.8 Å². The molecule has 1 aromatic carbocycles. The molecule has 1 saturated heterocycles. The number of aryl methyl sites for hydroxylation is 1. The average molecular weight is 315 g/mol. The van der Waals surface area contributed by atoms with Crippen molar-refractivity contribution in [1.82, 2.24) is 14.9 Å². The molecule has 1 aromatic heterocycles. The fourth-order valence-corrected chi connectivity index (χ4v) is 3.25. The van der Waals surface area contributed by atoms with Gasteiger partial charge < -0.3 is 9.72 Å². The Morgan fingerprint density at radius 2 is 2.13 bits per heavy atom. The minimum absolute atomic E-state index is 0.269. The van der Waals surface area contributed by atoms with Crippen LogP contribution in [0.2, 0.25) is 0 Å². The highest BCUT2D eigenvalue weighted by molar-refractivity contribution is 5.79. The van der Waals surface area contributed by atoms with Crippen LogP contribution in [0.15, 0.2) is 18.2 Å². The molecule has 0 spiro atoms. The first kappa shape index (κ1) is 15.8. The maximum absolute atomic E-state index is 12.6. The molecule has 2 heterocycles. The van der Waals surface area contributed by atoms with Crippen molar-refractivity contribution < 1.29 is 9.53 Å². The molecule has 1 fully saturated rings. The third kappa shape index (κ3) is 2.80. The summed E-state index contributed by atoms with van der Waals surface area (Å²) in [6, 6.07) is 6.09. The van der Waals surface area contributed by atoms with Gasteiger partial charge in [0.2, 0.25) is 0 Å². The average Bonchev–Trinajstić information content (AvgIpc) is 3.02. The first-order valence-electron chi connectivity index (χ1n) is 8.17. The predicted octanol–water partition coefficient (Wildman–Crippen LogP) is 4.12. The molecule has 5 nitrogen and oxygen atoms in total. The number of imidazole rings is 1. The lowest BCUT2D eigenvalue weighted by Crippen LogP contribution is -2.46. The van der Waals surface area contributed by atoms with Gasteiger partial charge >= 0.3 is 6.09 Å². The van der Waals surface area contributed by atoms with E-state index in [0.717, 1.165) is 35.3 Å². The molecule has 0 radical (unpaired) electrons. The molecule has 1 aliphatic heterocycles. The van der Waals surface area contributed by atoms with Gasteiger partial charge in [0, 0.05) is 6.54 Å². The van der Waals surface area contributed by atoms with Gasteiger partial charge in [0.1, 0.15) is 17.0 Å². The molecule has 1 aliphatic rings. The van der Waals surface area contributed by atoms with Crippen LogP contribution in [-0.2, 0) is 10.3 Å². The number of likely N-dealkylation sites (tertiary alicyclic amines) is 1. The Labute approximate surface area is 137 Å². The summed E-state index contributed by atoms with van der Waals surface area (Å²) in [4.78, 5) is 22.6. The quantitative estimate of drug-likeness (QED) is 0.861. The highest BCUT2D eigenvalue weighted by Gasteiger charge is 2.45. The summed E-state index contributed by atoms with van der Waals surface area (Å²) in [7, 11) is 0. The van der Waals surface area contributed by atoms with Gasteiger partial charge in [-0.15, -0.1) is 0 Å². The Kier molecular flexibility index (Phi) is 3.62. The third-order valence-corrected chi connectivity index (χ3v) is 4.48. The molecule has 0 bridgehead atoms. The first-order valence-corrected chi connectivity index (χ1v) is 8.17. The fourth-order valence-electron chi connectivity index (χ4n) is 3.25. The second-order valence-electron chi connectivity index (χ2n) is 7.57. The molecule has 0 saturated carbocycles. The monoisotopic (exact) mass is 315 g/mol. The summed E-state index contributed by atoms with van der Waals surface area (Å²) in [5.74, 6) is 0.838. The van der Waals surface area contributed by atoms with Gasteiger partial charge in [0.25, 0.3) is 0 Å². The van der Waals surface area contributed by atoms with Crippen LogP contribution in [0.25, 0.3) is 11.0 Å². The number of H-pyrrole nitrogens is 1. The zero-order valence-corrected chi connectivity index (χ0v) is 14.6. The van der Waals surface area contributed by atoms with Crippen LogP contribution in [0.5, 0.6) is 0 Å². The predicted molar refractivity (Wildman–Crippen MR) is 90.4 cm³/mol. The number of hydrogen-bond acceptors (Lipinski definition) is 3. The van der Waals surface area contributed by atoms with E-state index in [4.69, 9.17) is 9.72 Å². The Morgan fingerprint density at radius 3 is 2.78 bits per heavy atom. The number of carbonyl (C=O) groups excluding carboxylic acids is 1. The maximum Gasteiger partial charge on any atom is 0.411 e. The van der Waals surface area contributed by atoms with Crippen molar-refractivity contribution in [2.45, 2.75) is 58.6 Å². The number of fused-ring (bicyclic) bond motifs is 1. The van der Waals surface area contributed by atoms with Crippen LogP contribution in [0.4, 0.5) is 4.79 Å². The highest BCUT2D eigenvalue weighted by atomic mass is 16.6. The molecule has 3 rings (SSSR count). The van der Waals surface area contributed by atoms with Gasteiger partial charge in [-0.3, -0.25) is 4.90 Å². The van der Waals surface area contributed by atoms with E-state index in [1.165, 1.54) is 0 Å². The minimum Gasteiger partial charge on any atom is -0.444 e. The normalized spacial score (nSPS) is 21.9. The summed E-state index contributed by atoms with van der Waals surface area (Å²) < 4.78 is 5.58. The van der Waals surface area contributed by atoms with E-state index in [2.05, 4.69) is 24.9 Å². The topological polar surface area (TPSA) is 58.2 Å². The number of aromatic amines is 1. The Hall–Kier alpha value is -2.04. The van der Waals surface area contributed by atoms with Gasteiger partial charge in [-0.25, -0.2) is 9.78 Å². The first-order chi connectivity index (χ1) is 10.7. The Morgan fingerprint density at radius 1 is 1.39 bits per heavy atom. The SMILES string of the molecule is Cc1cccc2[nH]c(C3(C)CCCN3C(=O)OC(C)(C)C)nc12. The minimum atomic E-state index is -0.495. The molecular formula is C18H25N3O2. The van der Waals surface area contributed by atoms with E-state index in [-0.39, 0.29) is 6.09 Å². The van der Waals surface area contributed by atoms with Gasteiger partial charge in [-0.05, 0) is 59.1 Å². The smallest absolute Gasteiger partial charge is 0.411 e. The molecule has 1 amide bonds. The van der Waals surface area contributed by atoms with Crippen LogP contribution in [-0.4, -0.2) is 33.1 Å².